The highest BCUT2D eigenvalue weighted by molar-refractivity contribution is 5.81. The number of nitrogens with one attached hydrogen (secondary N) is 1. The number of aromatic nitrogens is 1. The lowest BCUT2D eigenvalue weighted by molar-refractivity contribution is -0.126. The van der Waals surface area contributed by atoms with E-state index >= 15 is 0 Å². The van der Waals surface area contributed by atoms with Gasteiger partial charge in [0, 0.05) is 25.0 Å². The van der Waals surface area contributed by atoms with Gasteiger partial charge in [0.1, 0.15) is 0 Å². The Kier molecular flexibility index (Phi) is 6.18. The lowest BCUT2D eigenvalue weighted by atomic mass is 9.93. The molecule has 1 aromatic heterocycles. The number of pyridine rings is 1. The predicted octanol–water partition coefficient (Wildman–Crippen LogP) is 2.39. The molecule has 2 rings (SSSR count). The summed E-state index contributed by atoms with van der Waals surface area (Å²) in [7, 11) is 2.09. The number of hydrogen-bond donors (Lipinski definition) is 1. The number of carbonyl (C=O) groups excluding carboxylic acids is 1. The summed E-state index contributed by atoms with van der Waals surface area (Å²) in [6, 6.07) is 4.50. The summed E-state index contributed by atoms with van der Waals surface area (Å²) in [5.74, 6) is 0.136. The maximum atomic E-state index is 12.3. The minimum atomic E-state index is -0.0504. The van der Waals surface area contributed by atoms with E-state index in [-0.39, 0.29) is 11.9 Å². The van der Waals surface area contributed by atoms with Crippen molar-refractivity contribution in [1.82, 2.24) is 15.2 Å². The van der Waals surface area contributed by atoms with Crippen molar-refractivity contribution < 1.29 is 4.79 Å². The molecule has 1 aliphatic rings. The van der Waals surface area contributed by atoms with Crippen LogP contribution in [0.1, 0.15) is 44.6 Å². The highest BCUT2D eigenvalue weighted by Crippen LogP contribution is 2.22. The molecule has 0 saturated heterocycles. The van der Waals surface area contributed by atoms with Gasteiger partial charge in [-0.2, -0.15) is 0 Å². The molecule has 4 nitrogen and oxygen atoms in total. The number of rotatable bonds is 6. The fourth-order valence-electron chi connectivity index (χ4n) is 3.02. The summed E-state index contributed by atoms with van der Waals surface area (Å²) in [5.41, 5.74) is 1.21. The average molecular weight is 289 g/mol. The van der Waals surface area contributed by atoms with Crippen LogP contribution in [0.2, 0.25) is 0 Å². The maximum absolute atomic E-state index is 12.3. The van der Waals surface area contributed by atoms with Gasteiger partial charge in [-0.25, -0.2) is 0 Å². The third kappa shape index (κ3) is 4.81. The fraction of sp³-hybridized carbons (Fsp3) is 0.647. The minimum Gasteiger partial charge on any atom is -0.354 e. The summed E-state index contributed by atoms with van der Waals surface area (Å²) in [6.07, 6.45) is 10.8. The van der Waals surface area contributed by atoms with E-state index in [1.807, 2.05) is 19.1 Å². The number of nitrogens with zero attached hydrogens (tertiary/aromatic N) is 2. The standard InChI is InChI=1S/C17H27N3O/c1-14(20(2)16-6-4-3-5-7-16)17(21)19-13-10-15-8-11-18-12-9-15/h8-9,11-12,14,16H,3-7,10,13H2,1-2H3,(H,19,21)/t14-/m1/s1. The summed E-state index contributed by atoms with van der Waals surface area (Å²) in [6.45, 7) is 2.70. The van der Waals surface area contributed by atoms with Crippen LogP contribution < -0.4 is 5.32 Å². The summed E-state index contributed by atoms with van der Waals surface area (Å²) in [4.78, 5) is 18.5. The van der Waals surface area contributed by atoms with Gasteiger partial charge >= 0.3 is 0 Å². The van der Waals surface area contributed by atoms with Crippen molar-refractivity contribution in [3.63, 3.8) is 0 Å². The van der Waals surface area contributed by atoms with Crippen molar-refractivity contribution in [2.24, 2.45) is 0 Å². The van der Waals surface area contributed by atoms with Crippen LogP contribution in [-0.2, 0) is 11.2 Å². The van der Waals surface area contributed by atoms with Crippen molar-refractivity contribution in [3.05, 3.63) is 30.1 Å². The molecule has 1 fully saturated rings. The second kappa shape index (κ2) is 8.13. The second-order valence-corrected chi connectivity index (χ2v) is 6.03. The van der Waals surface area contributed by atoms with E-state index in [0.29, 0.717) is 12.6 Å². The van der Waals surface area contributed by atoms with Gasteiger partial charge in [0.05, 0.1) is 6.04 Å². The molecule has 1 amide bonds. The van der Waals surface area contributed by atoms with Gasteiger partial charge in [0.15, 0.2) is 0 Å². The molecule has 1 saturated carbocycles. The molecule has 0 radical (unpaired) electrons. The van der Waals surface area contributed by atoms with Crippen LogP contribution in [0.5, 0.6) is 0 Å². The van der Waals surface area contributed by atoms with Gasteiger partial charge in [-0.3, -0.25) is 14.7 Å². The lowest BCUT2D eigenvalue weighted by Gasteiger charge is -2.34. The van der Waals surface area contributed by atoms with Crippen LogP contribution in [0.3, 0.4) is 0 Å². The highest BCUT2D eigenvalue weighted by atomic mass is 16.2. The normalized spacial score (nSPS) is 17.7. The summed E-state index contributed by atoms with van der Waals surface area (Å²) in [5, 5.41) is 3.05. The Morgan fingerprint density at radius 2 is 2.00 bits per heavy atom. The number of likely N-dealkylation sites (N-methyl/N-ethyl adjacent to an activating group) is 1. The first-order valence-electron chi connectivity index (χ1n) is 8.07. The molecule has 1 atom stereocenters. The molecule has 4 heteroatoms. The predicted molar refractivity (Wildman–Crippen MR) is 85.0 cm³/mol. The smallest absolute Gasteiger partial charge is 0.237 e. The first-order valence-corrected chi connectivity index (χ1v) is 8.07. The maximum Gasteiger partial charge on any atom is 0.237 e. The fourth-order valence-corrected chi connectivity index (χ4v) is 3.02. The Labute approximate surface area is 127 Å². The zero-order chi connectivity index (χ0) is 15.1. The molecule has 1 aromatic rings. The number of amides is 1. The largest absolute Gasteiger partial charge is 0.354 e. The van der Waals surface area contributed by atoms with E-state index in [2.05, 4.69) is 22.2 Å². The molecule has 1 heterocycles. The second-order valence-electron chi connectivity index (χ2n) is 6.03. The quantitative estimate of drug-likeness (QED) is 0.874. The van der Waals surface area contributed by atoms with Crippen LogP contribution in [-0.4, -0.2) is 41.5 Å². The zero-order valence-corrected chi connectivity index (χ0v) is 13.2. The van der Waals surface area contributed by atoms with Gasteiger partial charge < -0.3 is 5.32 Å². The van der Waals surface area contributed by atoms with E-state index in [9.17, 15) is 4.79 Å². The van der Waals surface area contributed by atoms with E-state index in [1.54, 1.807) is 12.4 Å². The molecule has 0 spiro atoms. The molecule has 0 unspecified atom stereocenters. The highest BCUT2D eigenvalue weighted by Gasteiger charge is 2.25. The SMILES string of the molecule is C[C@H](C(=O)NCCc1ccncc1)N(C)C1CCCCC1. The monoisotopic (exact) mass is 289 g/mol. The zero-order valence-electron chi connectivity index (χ0n) is 13.2. The summed E-state index contributed by atoms with van der Waals surface area (Å²) < 4.78 is 0. The Morgan fingerprint density at radius 3 is 2.67 bits per heavy atom. The Morgan fingerprint density at radius 1 is 1.33 bits per heavy atom. The van der Waals surface area contributed by atoms with Crippen LogP contribution >= 0.6 is 0 Å². The topological polar surface area (TPSA) is 45.2 Å². The van der Waals surface area contributed by atoms with Crippen molar-refractivity contribution >= 4 is 5.91 Å². The molecule has 0 bridgehead atoms. The van der Waals surface area contributed by atoms with Gasteiger partial charge in [-0.05, 0) is 50.9 Å². The van der Waals surface area contributed by atoms with Crippen LogP contribution in [0.25, 0.3) is 0 Å². The van der Waals surface area contributed by atoms with Crippen LogP contribution in [0, 0.1) is 0 Å². The van der Waals surface area contributed by atoms with Gasteiger partial charge in [0.2, 0.25) is 5.91 Å². The third-order valence-corrected chi connectivity index (χ3v) is 4.60. The van der Waals surface area contributed by atoms with Crippen LogP contribution in [0.4, 0.5) is 0 Å². The van der Waals surface area contributed by atoms with E-state index in [1.165, 1.54) is 37.7 Å². The average Bonchev–Trinajstić information content (AvgIpc) is 2.55. The Bertz CT molecular complexity index is 429. The molecule has 21 heavy (non-hydrogen) atoms. The molecule has 1 aliphatic carbocycles. The molecule has 0 aliphatic heterocycles. The van der Waals surface area contributed by atoms with Gasteiger partial charge in [0.25, 0.3) is 0 Å². The van der Waals surface area contributed by atoms with E-state index in [0.717, 1.165) is 6.42 Å². The molecule has 116 valence electrons. The van der Waals surface area contributed by atoms with Crippen molar-refractivity contribution in [2.45, 2.75) is 57.5 Å². The molecule has 1 N–H and O–H groups in total. The first-order chi connectivity index (χ1) is 10.2. The number of carbonyl (C=O) groups is 1. The lowest BCUT2D eigenvalue weighted by Crippen LogP contribution is -2.48. The van der Waals surface area contributed by atoms with Crippen molar-refractivity contribution in [2.75, 3.05) is 13.6 Å². The Balaban J connectivity index is 1.74. The van der Waals surface area contributed by atoms with Crippen molar-refractivity contribution in [1.29, 1.82) is 0 Å². The van der Waals surface area contributed by atoms with Gasteiger partial charge in [-0.1, -0.05) is 19.3 Å². The van der Waals surface area contributed by atoms with Crippen molar-refractivity contribution in [3.8, 4) is 0 Å². The molecular weight excluding hydrogens is 262 g/mol. The van der Waals surface area contributed by atoms with E-state index < -0.39 is 0 Å². The number of hydrogen-bond acceptors (Lipinski definition) is 3. The summed E-state index contributed by atoms with van der Waals surface area (Å²) >= 11 is 0. The van der Waals surface area contributed by atoms with E-state index in [4.69, 9.17) is 0 Å². The first kappa shape index (κ1) is 16.0. The molecule has 0 aromatic carbocycles. The molecular formula is C17H27N3O. The Hall–Kier alpha value is -1.42. The van der Waals surface area contributed by atoms with Crippen LogP contribution in [0.15, 0.2) is 24.5 Å². The third-order valence-electron chi connectivity index (χ3n) is 4.60. The van der Waals surface area contributed by atoms with Gasteiger partial charge in [-0.15, -0.1) is 0 Å². The minimum absolute atomic E-state index is 0.0504.